The number of unbranched alkanes of at least 4 members (excludes halogenated alkanes) is 26. The lowest BCUT2D eigenvalue weighted by molar-refractivity contribution is -0.167. The molecule has 6 heteroatoms. The van der Waals surface area contributed by atoms with Gasteiger partial charge in [-0.2, -0.15) is 0 Å². The van der Waals surface area contributed by atoms with Crippen LogP contribution in [-0.2, 0) is 28.6 Å². The Morgan fingerprint density at radius 2 is 0.569 bits per heavy atom. The Morgan fingerprint density at radius 1 is 0.308 bits per heavy atom. The predicted octanol–water partition coefficient (Wildman–Crippen LogP) is 18.2. The summed E-state index contributed by atoms with van der Waals surface area (Å²) in [7, 11) is 0. The van der Waals surface area contributed by atoms with Crippen LogP contribution in [-0.4, -0.2) is 37.2 Å². The zero-order valence-corrected chi connectivity index (χ0v) is 42.7. The molecule has 0 aliphatic heterocycles. The molecule has 0 N–H and O–H groups in total. The van der Waals surface area contributed by atoms with Crippen LogP contribution >= 0.6 is 0 Å². The Morgan fingerprint density at radius 3 is 0.954 bits per heavy atom. The molecule has 0 aromatic rings. The Kier molecular flexibility index (Phi) is 50.9. The number of ether oxygens (including phenoxy) is 3. The van der Waals surface area contributed by atoms with E-state index in [1.54, 1.807) is 0 Å². The normalized spacial score (nSPS) is 12.6. The summed E-state index contributed by atoms with van der Waals surface area (Å²) < 4.78 is 16.8. The van der Waals surface area contributed by atoms with Crippen molar-refractivity contribution < 1.29 is 28.6 Å². The van der Waals surface area contributed by atoms with Crippen LogP contribution in [0.5, 0.6) is 0 Å². The van der Waals surface area contributed by atoms with E-state index in [0.29, 0.717) is 19.3 Å². The number of hydrogen-bond acceptors (Lipinski definition) is 6. The first-order valence-corrected chi connectivity index (χ1v) is 27.4. The summed E-state index contributed by atoms with van der Waals surface area (Å²) in [5.41, 5.74) is 0. The predicted molar refractivity (Wildman–Crippen MR) is 279 cm³/mol. The van der Waals surface area contributed by atoms with Gasteiger partial charge in [-0.15, -0.1) is 0 Å². The molecular formula is C59H102O6. The fraction of sp³-hybridized carbons (Fsp3) is 0.746. The molecule has 0 saturated carbocycles. The highest BCUT2D eigenvalue weighted by atomic mass is 16.6. The average Bonchev–Trinajstić information content (AvgIpc) is 3.30. The fourth-order valence-corrected chi connectivity index (χ4v) is 7.52. The van der Waals surface area contributed by atoms with Gasteiger partial charge in [-0.05, 0) is 89.9 Å². The Bertz CT molecular complexity index is 1230. The van der Waals surface area contributed by atoms with Gasteiger partial charge in [-0.1, -0.05) is 229 Å². The van der Waals surface area contributed by atoms with Gasteiger partial charge in [0.1, 0.15) is 13.2 Å². The van der Waals surface area contributed by atoms with Crippen molar-refractivity contribution >= 4 is 17.9 Å². The quantitative estimate of drug-likeness (QED) is 0.0262. The first kappa shape index (κ1) is 61.9. The fourth-order valence-electron chi connectivity index (χ4n) is 7.52. The van der Waals surface area contributed by atoms with Crippen molar-refractivity contribution in [3.63, 3.8) is 0 Å². The molecule has 0 unspecified atom stereocenters. The molecule has 65 heavy (non-hydrogen) atoms. The monoisotopic (exact) mass is 907 g/mol. The SMILES string of the molecule is CCCCC/C=C\C/C=C\C/C=C\C/C=C\CCCC(=O)OC[C@@H](COC(=O)CCCCCCCCCCCCCCCCC)OC(=O)CCCCCCC/C=C\C/C=C\CCCCC. The number of carbonyl (C=O) groups excluding carboxylic acids is 3. The van der Waals surface area contributed by atoms with Gasteiger partial charge in [0, 0.05) is 19.3 Å². The first-order valence-electron chi connectivity index (χ1n) is 27.4. The second-order valence-electron chi connectivity index (χ2n) is 18.1. The molecule has 0 bridgehead atoms. The summed E-state index contributed by atoms with van der Waals surface area (Å²) in [5, 5.41) is 0. The molecule has 6 nitrogen and oxygen atoms in total. The van der Waals surface area contributed by atoms with Crippen LogP contribution < -0.4 is 0 Å². The van der Waals surface area contributed by atoms with Gasteiger partial charge in [0.05, 0.1) is 0 Å². The molecule has 0 aliphatic rings. The lowest BCUT2D eigenvalue weighted by atomic mass is 10.0. The molecular weight excluding hydrogens is 805 g/mol. The third-order valence-corrected chi connectivity index (χ3v) is 11.7. The van der Waals surface area contributed by atoms with Gasteiger partial charge in [-0.3, -0.25) is 14.4 Å². The van der Waals surface area contributed by atoms with E-state index in [2.05, 4.69) is 93.7 Å². The van der Waals surface area contributed by atoms with Crippen molar-refractivity contribution in [2.24, 2.45) is 0 Å². The number of esters is 3. The first-order chi connectivity index (χ1) is 32.0. The minimum Gasteiger partial charge on any atom is -0.462 e. The zero-order chi connectivity index (χ0) is 47.2. The topological polar surface area (TPSA) is 78.9 Å². The number of allylic oxidation sites excluding steroid dienone is 12. The molecule has 0 aliphatic carbocycles. The van der Waals surface area contributed by atoms with Gasteiger partial charge in [-0.25, -0.2) is 0 Å². The van der Waals surface area contributed by atoms with Crippen LogP contribution in [0, 0.1) is 0 Å². The summed E-state index contributed by atoms with van der Waals surface area (Å²) in [6.07, 6.45) is 67.4. The van der Waals surface area contributed by atoms with E-state index in [1.807, 2.05) is 0 Å². The number of carbonyl (C=O) groups is 3. The smallest absolute Gasteiger partial charge is 0.306 e. The van der Waals surface area contributed by atoms with Gasteiger partial charge < -0.3 is 14.2 Å². The lowest BCUT2D eigenvalue weighted by Crippen LogP contribution is -2.30. The van der Waals surface area contributed by atoms with Crippen LogP contribution in [0.3, 0.4) is 0 Å². The summed E-state index contributed by atoms with van der Waals surface area (Å²) in [6, 6.07) is 0. The Hall–Kier alpha value is -3.15. The summed E-state index contributed by atoms with van der Waals surface area (Å²) >= 11 is 0. The van der Waals surface area contributed by atoms with E-state index in [-0.39, 0.29) is 37.5 Å². The maximum absolute atomic E-state index is 12.8. The molecule has 0 radical (unpaired) electrons. The van der Waals surface area contributed by atoms with Gasteiger partial charge in [0.25, 0.3) is 0 Å². The second-order valence-corrected chi connectivity index (χ2v) is 18.1. The highest BCUT2D eigenvalue weighted by Gasteiger charge is 2.19. The van der Waals surface area contributed by atoms with Crippen LogP contribution in [0.1, 0.15) is 265 Å². The maximum Gasteiger partial charge on any atom is 0.306 e. The Balaban J connectivity index is 4.48. The van der Waals surface area contributed by atoms with Crippen LogP contribution in [0.4, 0.5) is 0 Å². The summed E-state index contributed by atoms with van der Waals surface area (Å²) in [4.78, 5) is 38.0. The maximum atomic E-state index is 12.8. The van der Waals surface area contributed by atoms with Crippen LogP contribution in [0.25, 0.3) is 0 Å². The van der Waals surface area contributed by atoms with Crippen LogP contribution in [0.15, 0.2) is 72.9 Å². The van der Waals surface area contributed by atoms with Crippen molar-refractivity contribution in [1.82, 2.24) is 0 Å². The van der Waals surface area contributed by atoms with E-state index in [4.69, 9.17) is 14.2 Å². The van der Waals surface area contributed by atoms with E-state index >= 15 is 0 Å². The highest BCUT2D eigenvalue weighted by molar-refractivity contribution is 5.71. The minimum absolute atomic E-state index is 0.0963. The third-order valence-electron chi connectivity index (χ3n) is 11.7. The van der Waals surface area contributed by atoms with Crippen molar-refractivity contribution in [1.29, 1.82) is 0 Å². The van der Waals surface area contributed by atoms with E-state index in [0.717, 1.165) is 89.9 Å². The highest BCUT2D eigenvalue weighted by Crippen LogP contribution is 2.15. The van der Waals surface area contributed by atoms with E-state index < -0.39 is 6.10 Å². The minimum atomic E-state index is -0.803. The zero-order valence-electron chi connectivity index (χ0n) is 42.7. The molecule has 0 aromatic heterocycles. The molecule has 0 fully saturated rings. The molecule has 1 atom stereocenters. The van der Waals surface area contributed by atoms with Gasteiger partial charge in [0.15, 0.2) is 6.10 Å². The molecule has 0 amide bonds. The third kappa shape index (κ3) is 51.7. The van der Waals surface area contributed by atoms with Crippen molar-refractivity contribution in [2.45, 2.75) is 271 Å². The Labute approximate surface area is 402 Å². The molecule has 0 heterocycles. The standard InChI is InChI=1S/C59H102O6/c1-4-7-10-13-16-19-22-25-28-29-32-34-37-40-43-46-49-52-58(61)64-55-56(65-59(62)53-50-47-44-41-38-35-31-27-24-21-18-15-12-9-6-3)54-63-57(60)51-48-45-42-39-36-33-30-26-23-20-17-14-11-8-5-2/h16,18-19,21,25,27-28,31-32,34,40,43,56H,4-15,17,20,22-24,26,29-30,33,35-39,41-42,44-55H2,1-3H3/b19-16-,21-18-,28-25-,31-27-,34-32-,43-40-/t56-/m1/s1. The molecule has 0 rings (SSSR count). The average molecular weight is 907 g/mol. The molecule has 0 aromatic carbocycles. The largest absolute Gasteiger partial charge is 0.462 e. The summed E-state index contributed by atoms with van der Waals surface area (Å²) in [6.45, 7) is 6.54. The number of hydrogen-bond donors (Lipinski definition) is 0. The van der Waals surface area contributed by atoms with Crippen molar-refractivity contribution in [3.8, 4) is 0 Å². The van der Waals surface area contributed by atoms with Gasteiger partial charge >= 0.3 is 17.9 Å². The van der Waals surface area contributed by atoms with Crippen molar-refractivity contribution in [3.05, 3.63) is 72.9 Å². The second kappa shape index (κ2) is 53.5. The van der Waals surface area contributed by atoms with E-state index in [1.165, 1.54) is 128 Å². The van der Waals surface area contributed by atoms with E-state index in [9.17, 15) is 14.4 Å². The van der Waals surface area contributed by atoms with Gasteiger partial charge in [0.2, 0.25) is 0 Å². The molecule has 0 spiro atoms. The van der Waals surface area contributed by atoms with Crippen molar-refractivity contribution in [2.75, 3.05) is 13.2 Å². The van der Waals surface area contributed by atoms with Crippen LogP contribution in [0.2, 0.25) is 0 Å². The lowest BCUT2D eigenvalue weighted by Gasteiger charge is -2.18. The number of rotatable bonds is 49. The molecule has 0 saturated heterocycles. The summed E-state index contributed by atoms with van der Waals surface area (Å²) in [5.74, 6) is -0.963. The molecule has 374 valence electrons.